The largest absolute Gasteiger partial charge is 0.465 e. The molecule has 1 saturated carbocycles. The van der Waals surface area contributed by atoms with E-state index in [9.17, 15) is 9.90 Å². The number of halogens is 1. The van der Waals surface area contributed by atoms with E-state index in [4.69, 9.17) is 4.74 Å². The van der Waals surface area contributed by atoms with Gasteiger partial charge in [-0.2, -0.15) is 0 Å². The fourth-order valence-electron chi connectivity index (χ4n) is 2.45. The highest BCUT2D eigenvalue weighted by Crippen LogP contribution is 2.42. The van der Waals surface area contributed by atoms with Crippen molar-refractivity contribution in [2.75, 3.05) is 6.61 Å². The maximum Gasteiger partial charge on any atom is 0.308 e. The van der Waals surface area contributed by atoms with Crippen molar-refractivity contribution in [3.05, 3.63) is 15.0 Å². The molecule has 0 unspecified atom stereocenters. The summed E-state index contributed by atoms with van der Waals surface area (Å²) in [5, 5.41) is 11.4. The van der Waals surface area contributed by atoms with E-state index in [2.05, 4.69) is 27.8 Å². The lowest BCUT2D eigenvalue weighted by Crippen LogP contribution is -2.34. The van der Waals surface area contributed by atoms with Crippen molar-refractivity contribution < 1.29 is 14.6 Å². The number of hydrogen-bond acceptors (Lipinski definition) is 5. The average Bonchev–Trinajstić information content (AvgIpc) is 2.87. The van der Waals surface area contributed by atoms with Gasteiger partial charge in [0.15, 0.2) is 0 Å². The fraction of sp³-hybridized carbons (Fsp3) is 0.714. The zero-order chi connectivity index (χ0) is 14.6. The van der Waals surface area contributed by atoms with Gasteiger partial charge in [0, 0.05) is 0 Å². The average molecular weight is 362 g/mol. The summed E-state index contributed by atoms with van der Waals surface area (Å²) in [7, 11) is 0. The molecule has 6 heteroatoms. The Bertz CT molecular complexity index is 455. The van der Waals surface area contributed by atoms with Gasteiger partial charge < -0.3 is 9.84 Å². The van der Waals surface area contributed by atoms with Gasteiger partial charge in [-0.1, -0.05) is 13.3 Å². The zero-order valence-electron chi connectivity index (χ0n) is 11.6. The first-order chi connectivity index (χ1) is 9.55. The van der Waals surface area contributed by atoms with Crippen LogP contribution in [0.15, 0.2) is 9.98 Å². The van der Waals surface area contributed by atoms with Gasteiger partial charge in [0.25, 0.3) is 0 Å². The summed E-state index contributed by atoms with van der Waals surface area (Å²) in [5.41, 5.74) is -0.878. The second-order valence-corrected chi connectivity index (χ2v) is 7.71. The van der Waals surface area contributed by atoms with Gasteiger partial charge in [0.05, 0.1) is 22.5 Å². The topological polar surface area (TPSA) is 59.4 Å². The van der Waals surface area contributed by atoms with Crippen LogP contribution < -0.4 is 0 Å². The molecule has 0 radical (unpaired) electrons. The third kappa shape index (κ3) is 3.80. The van der Waals surface area contributed by atoms with Crippen LogP contribution in [0.1, 0.15) is 50.5 Å². The monoisotopic (exact) mass is 361 g/mol. The Hall–Kier alpha value is -0.460. The highest BCUT2D eigenvalue weighted by molar-refractivity contribution is 9.11. The third-order valence-corrected chi connectivity index (χ3v) is 5.43. The number of aromatic nitrogens is 1. The summed E-state index contributed by atoms with van der Waals surface area (Å²) in [6.07, 6.45) is 6.12. The van der Waals surface area contributed by atoms with Crippen LogP contribution in [0.2, 0.25) is 0 Å². The first-order valence-electron chi connectivity index (χ1n) is 7.06. The van der Waals surface area contributed by atoms with Crippen LogP contribution >= 0.6 is 27.3 Å². The van der Waals surface area contributed by atoms with Gasteiger partial charge in [0.1, 0.15) is 10.6 Å². The van der Waals surface area contributed by atoms with Crippen LogP contribution in [0.5, 0.6) is 0 Å². The zero-order valence-corrected chi connectivity index (χ0v) is 14.0. The molecule has 0 atom stereocenters. The number of carbonyl (C=O) groups is 1. The lowest BCUT2D eigenvalue weighted by Gasteiger charge is -2.33. The lowest BCUT2D eigenvalue weighted by molar-refractivity contribution is -0.151. The van der Waals surface area contributed by atoms with E-state index < -0.39 is 5.60 Å². The van der Waals surface area contributed by atoms with E-state index in [0.717, 1.165) is 21.6 Å². The smallest absolute Gasteiger partial charge is 0.308 e. The Balaban J connectivity index is 1.87. The lowest BCUT2D eigenvalue weighted by atomic mass is 9.79. The van der Waals surface area contributed by atoms with Crippen LogP contribution in [-0.2, 0) is 15.1 Å². The summed E-state index contributed by atoms with van der Waals surface area (Å²) >= 11 is 4.82. The van der Waals surface area contributed by atoms with Gasteiger partial charge >= 0.3 is 5.97 Å². The summed E-state index contributed by atoms with van der Waals surface area (Å²) < 4.78 is 6.18. The van der Waals surface area contributed by atoms with Gasteiger partial charge in [-0.05, 0) is 48.0 Å². The number of nitrogens with zero attached hydrogens (tertiary/aromatic N) is 1. The number of esters is 1. The maximum absolute atomic E-state index is 11.9. The molecule has 1 aliphatic carbocycles. The molecule has 1 heterocycles. The summed E-state index contributed by atoms with van der Waals surface area (Å²) in [6.45, 7) is 2.58. The number of thiazole rings is 1. The van der Waals surface area contributed by atoms with E-state index in [-0.39, 0.29) is 11.9 Å². The van der Waals surface area contributed by atoms with Crippen LogP contribution in [0.3, 0.4) is 0 Å². The van der Waals surface area contributed by atoms with Gasteiger partial charge in [-0.3, -0.25) is 4.79 Å². The molecular weight excluding hydrogens is 342 g/mol. The highest BCUT2D eigenvalue weighted by atomic mass is 79.9. The molecule has 1 aliphatic rings. The van der Waals surface area contributed by atoms with Crippen LogP contribution in [0, 0.1) is 5.92 Å². The molecule has 1 fully saturated rings. The normalized spacial score (nSPS) is 26.4. The standard InChI is InChI=1S/C14H20BrNO3S/c1-2-3-8-19-12(17)10-4-6-14(18,7-5-10)13-16-9-11(15)20-13/h9-10,18H,2-8H2,1H3. The first kappa shape index (κ1) is 15.9. The Morgan fingerprint density at radius 3 is 2.85 bits per heavy atom. The van der Waals surface area contributed by atoms with Gasteiger partial charge in [-0.15, -0.1) is 11.3 Å². The molecule has 1 aromatic rings. The number of ether oxygens (including phenoxy) is 1. The van der Waals surface area contributed by atoms with Crippen molar-refractivity contribution >= 4 is 33.2 Å². The van der Waals surface area contributed by atoms with Crippen molar-refractivity contribution in [3.8, 4) is 0 Å². The molecule has 0 bridgehead atoms. The second kappa shape index (κ2) is 7.00. The fourth-order valence-corrected chi connectivity index (χ4v) is 3.80. The molecule has 112 valence electrons. The van der Waals surface area contributed by atoms with Gasteiger partial charge in [-0.25, -0.2) is 4.98 Å². The number of unbranched alkanes of at least 4 members (excludes halogenated alkanes) is 1. The van der Waals surface area contributed by atoms with E-state index in [1.807, 2.05) is 0 Å². The number of rotatable bonds is 5. The van der Waals surface area contributed by atoms with Crippen LogP contribution in [-0.4, -0.2) is 22.7 Å². The maximum atomic E-state index is 11.9. The molecule has 0 saturated heterocycles. The Morgan fingerprint density at radius 1 is 1.60 bits per heavy atom. The Labute approximate surface area is 131 Å². The van der Waals surface area contributed by atoms with Crippen molar-refractivity contribution in [2.24, 2.45) is 5.92 Å². The summed E-state index contributed by atoms with van der Waals surface area (Å²) in [6, 6.07) is 0. The van der Waals surface area contributed by atoms with Crippen LogP contribution in [0.25, 0.3) is 0 Å². The van der Waals surface area contributed by atoms with E-state index in [1.165, 1.54) is 11.3 Å². The molecule has 0 amide bonds. The molecule has 1 N–H and O–H groups in total. The molecule has 1 aromatic heterocycles. The highest BCUT2D eigenvalue weighted by Gasteiger charge is 2.39. The number of carbonyl (C=O) groups excluding carboxylic acids is 1. The Morgan fingerprint density at radius 2 is 2.30 bits per heavy atom. The second-order valence-electron chi connectivity index (χ2n) is 5.30. The quantitative estimate of drug-likeness (QED) is 0.642. The minimum atomic E-state index is -0.878. The predicted octanol–water partition coefficient (Wildman–Crippen LogP) is 3.63. The molecule has 0 aliphatic heterocycles. The molecular formula is C14H20BrNO3S. The van der Waals surface area contributed by atoms with Crippen molar-refractivity contribution in [1.82, 2.24) is 4.98 Å². The molecule has 4 nitrogen and oxygen atoms in total. The van der Waals surface area contributed by atoms with Crippen molar-refractivity contribution in [1.29, 1.82) is 0 Å². The first-order valence-corrected chi connectivity index (χ1v) is 8.67. The number of hydrogen-bond donors (Lipinski definition) is 1. The van der Waals surface area contributed by atoms with Crippen molar-refractivity contribution in [2.45, 2.75) is 51.0 Å². The molecule has 0 aromatic carbocycles. The summed E-state index contributed by atoms with van der Waals surface area (Å²) in [5.74, 6) is -0.184. The molecule has 0 spiro atoms. The minimum absolute atomic E-state index is 0.0736. The van der Waals surface area contributed by atoms with Crippen molar-refractivity contribution in [3.63, 3.8) is 0 Å². The van der Waals surface area contributed by atoms with Crippen LogP contribution in [0.4, 0.5) is 0 Å². The SMILES string of the molecule is CCCCOC(=O)C1CCC(O)(c2ncc(Br)s2)CC1. The minimum Gasteiger partial charge on any atom is -0.465 e. The van der Waals surface area contributed by atoms with E-state index in [0.29, 0.717) is 32.3 Å². The predicted molar refractivity (Wildman–Crippen MR) is 81.5 cm³/mol. The van der Waals surface area contributed by atoms with Gasteiger partial charge in [0.2, 0.25) is 0 Å². The van der Waals surface area contributed by atoms with E-state index in [1.54, 1.807) is 6.20 Å². The Kier molecular flexibility index (Phi) is 5.57. The third-order valence-electron chi connectivity index (χ3n) is 3.76. The summed E-state index contributed by atoms with van der Waals surface area (Å²) in [4.78, 5) is 16.1. The van der Waals surface area contributed by atoms with E-state index >= 15 is 0 Å². The number of aliphatic hydroxyl groups is 1. The molecule has 2 rings (SSSR count). The molecule has 20 heavy (non-hydrogen) atoms.